The van der Waals surface area contributed by atoms with Gasteiger partial charge in [0.15, 0.2) is 5.76 Å². The molecule has 1 heterocycles. The summed E-state index contributed by atoms with van der Waals surface area (Å²) in [6.07, 6.45) is 0. The van der Waals surface area contributed by atoms with Crippen molar-refractivity contribution in [3.8, 4) is 17.1 Å². The highest BCUT2D eigenvalue weighted by atomic mass is 16.5. The molecule has 2 N–H and O–H groups in total. The van der Waals surface area contributed by atoms with Crippen molar-refractivity contribution >= 4 is 5.69 Å². The minimum Gasteiger partial charge on any atom is -0.494 e. The first-order valence-corrected chi connectivity index (χ1v) is 5.17. The zero-order chi connectivity index (χ0) is 11.5. The number of nitrogen functional groups attached to an aromatic ring is 1. The van der Waals surface area contributed by atoms with Gasteiger partial charge in [0.25, 0.3) is 0 Å². The third kappa shape index (κ3) is 1.86. The van der Waals surface area contributed by atoms with Crippen LogP contribution in [0.5, 0.6) is 5.75 Å². The lowest BCUT2D eigenvalue weighted by Gasteiger charge is -2.03. The number of hydrogen-bond donors (Lipinski definition) is 1. The van der Waals surface area contributed by atoms with Crippen molar-refractivity contribution in [1.82, 2.24) is 5.16 Å². The lowest BCUT2D eigenvalue weighted by molar-refractivity contribution is 0.340. The predicted octanol–water partition coefficient (Wildman–Crippen LogP) is 2.63. The highest BCUT2D eigenvalue weighted by molar-refractivity contribution is 5.72. The van der Waals surface area contributed by atoms with Crippen molar-refractivity contribution in [2.24, 2.45) is 0 Å². The van der Waals surface area contributed by atoms with E-state index in [9.17, 15) is 0 Å². The fraction of sp³-hybridized carbons (Fsp3) is 0.250. The van der Waals surface area contributed by atoms with Crippen LogP contribution in [0, 0.1) is 6.92 Å². The molecule has 0 spiro atoms. The fourth-order valence-electron chi connectivity index (χ4n) is 1.45. The number of ether oxygens (including phenoxy) is 1. The maximum absolute atomic E-state index is 5.84. The second-order valence-corrected chi connectivity index (χ2v) is 3.47. The van der Waals surface area contributed by atoms with Gasteiger partial charge in [-0.2, -0.15) is 0 Å². The van der Waals surface area contributed by atoms with E-state index in [0.29, 0.717) is 23.7 Å². The summed E-state index contributed by atoms with van der Waals surface area (Å²) in [4.78, 5) is 0. The number of rotatable bonds is 3. The molecule has 1 aromatic carbocycles. The van der Waals surface area contributed by atoms with Crippen molar-refractivity contribution in [3.63, 3.8) is 0 Å². The summed E-state index contributed by atoms with van der Waals surface area (Å²) in [5, 5.41) is 3.82. The van der Waals surface area contributed by atoms with Crippen molar-refractivity contribution in [1.29, 1.82) is 0 Å². The molecule has 1 aromatic heterocycles. The Morgan fingerprint density at radius 2 is 2.00 bits per heavy atom. The van der Waals surface area contributed by atoms with E-state index in [2.05, 4.69) is 5.16 Å². The largest absolute Gasteiger partial charge is 0.494 e. The van der Waals surface area contributed by atoms with Gasteiger partial charge in [-0.25, -0.2) is 0 Å². The molecule has 0 aliphatic rings. The van der Waals surface area contributed by atoms with E-state index in [1.165, 1.54) is 0 Å². The zero-order valence-electron chi connectivity index (χ0n) is 9.36. The Morgan fingerprint density at radius 3 is 2.50 bits per heavy atom. The quantitative estimate of drug-likeness (QED) is 0.860. The first-order valence-electron chi connectivity index (χ1n) is 5.17. The van der Waals surface area contributed by atoms with Gasteiger partial charge < -0.3 is 15.0 Å². The highest BCUT2D eigenvalue weighted by Crippen LogP contribution is 2.29. The number of nitrogens with two attached hydrogens (primary N) is 1. The van der Waals surface area contributed by atoms with Crippen LogP contribution in [0.4, 0.5) is 5.69 Å². The van der Waals surface area contributed by atoms with Crippen molar-refractivity contribution in [2.45, 2.75) is 13.8 Å². The molecule has 2 rings (SSSR count). The molecule has 0 atom stereocenters. The standard InChI is InChI=1S/C12H14N2O2/c1-3-15-10-6-4-9(5-7-10)12-11(13)8(2)14-16-12/h4-7H,3,13H2,1-2H3. The third-order valence-corrected chi connectivity index (χ3v) is 2.34. The molecular weight excluding hydrogens is 204 g/mol. The summed E-state index contributed by atoms with van der Waals surface area (Å²) in [6.45, 7) is 4.42. The Hall–Kier alpha value is -1.97. The van der Waals surface area contributed by atoms with E-state index >= 15 is 0 Å². The molecule has 0 saturated carbocycles. The molecule has 16 heavy (non-hydrogen) atoms. The van der Waals surface area contributed by atoms with Crippen molar-refractivity contribution < 1.29 is 9.26 Å². The molecule has 0 radical (unpaired) electrons. The van der Waals surface area contributed by atoms with Gasteiger partial charge in [0.05, 0.1) is 6.61 Å². The van der Waals surface area contributed by atoms with Crippen LogP contribution in [-0.2, 0) is 0 Å². The van der Waals surface area contributed by atoms with Crippen molar-refractivity contribution in [2.75, 3.05) is 12.3 Å². The average Bonchev–Trinajstić information content (AvgIpc) is 2.62. The van der Waals surface area contributed by atoms with Crippen LogP contribution in [0.15, 0.2) is 28.8 Å². The normalized spacial score (nSPS) is 10.4. The van der Waals surface area contributed by atoms with E-state index < -0.39 is 0 Å². The summed E-state index contributed by atoms with van der Waals surface area (Å²) >= 11 is 0. The van der Waals surface area contributed by atoms with Gasteiger partial charge in [-0.05, 0) is 38.1 Å². The summed E-state index contributed by atoms with van der Waals surface area (Å²) in [5.41, 5.74) is 8.05. The Bertz CT molecular complexity index is 474. The Kier molecular flexibility index (Phi) is 2.81. The predicted molar refractivity (Wildman–Crippen MR) is 62.3 cm³/mol. The summed E-state index contributed by atoms with van der Waals surface area (Å²) in [7, 11) is 0. The van der Waals surface area contributed by atoms with Crippen LogP contribution in [-0.4, -0.2) is 11.8 Å². The molecule has 0 aliphatic heterocycles. The van der Waals surface area contributed by atoms with E-state index in [1.807, 2.05) is 38.1 Å². The number of aryl methyl sites for hydroxylation is 1. The summed E-state index contributed by atoms with van der Waals surface area (Å²) in [6, 6.07) is 7.58. The second kappa shape index (κ2) is 4.26. The maximum atomic E-state index is 5.84. The minimum atomic E-state index is 0.587. The lowest BCUT2D eigenvalue weighted by Crippen LogP contribution is -1.91. The van der Waals surface area contributed by atoms with Gasteiger partial charge in [0.1, 0.15) is 17.1 Å². The van der Waals surface area contributed by atoms with Gasteiger partial charge in [-0.1, -0.05) is 5.16 Å². The molecule has 0 amide bonds. The van der Waals surface area contributed by atoms with Crippen molar-refractivity contribution in [3.05, 3.63) is 30.0 Å². The van der Waals surface area contributed by atoms with E-state index in [0.717, 1.165) is 11.3 Å². The summed E-state index contributed by atoms with van der Waals surface area (Å²) in [5.74, 6) is 1.45. The zero-order valence-corrected chi connectivity index (χ0v) is 9.36. The smallest absolute Gasteiger partial charge is 0.189 e. The molecule has 0 fully saturated rings. The molecule has 0 saturated heterocycles. The van der Waals surface area contributed by atoms with Crippen LogP contribution >= 0.6 is 0 Å². The average molecular weight is 218 g/mol. The molecule has 84 valence electrons. The molecule has 0 aliphatic carbocycles. The Balaban J connectivity index is 2.31. The topological polar surface area (TPSA) is 61.3 Å². The van der Waals surface area contributed by atoms with E-state index in [-0.39, 0.29) is 0 Å². The number of benzene rings is 1. The fourth-order valence-corrected chi connectivity index (χ4v) is 1.45. The van der Waals surface area contributed by atoms with Crippen LogP contribution < -0.4 is 10.5 Å². The monoisotopic (exact) mass is 218 g/mol. The van der Waals surface area contributed by atoms with Crippen LogP contribution in [0.1, 0.15) is 12.6 Å². The highest BCUT2D eigenvalue weighted by Gasteiger charge is 2.11. The Labute approximate surface area is 94.0 Å². The number of nitrogens with zero attached hydrogens (tertiary/aromatic N) is 1. The van der Waals surface area contributed by atoms with Gasteiger partial charge in [-0.15, -0.1) is 0 Å². The van der Waals surface area contributed by atoms with Gasteiger partial charge in [0, 0.05) is 5.56 Å². The first-order chi connectivity index (χ1) is 7.72. The van der Waals surface area contributed by atoms with E-state index in [1.54, 1.807) is 0 Å². The molecular formula is C12H14N2O2. The second-order valence-electron chi connectivity index (χ2n) is 3.47. The molecule has 2 aromatic rings. The minimum absolute atomic E-state index is 0.587. The maximum Gasteiger partial charge on any atom is 0.189 e. The number of aromatic nitrogens is 1. The summed E-state index contributed by atoms with van der Waals surface area (Å²) < 4.78 is 10.5. The van der Waals surface area contributed by atoms with E-state index in [4.69, 9.17) is 15.0 Å². The Morgan fingerprint density at radius 1 is 1.31 bits per heavy atom. The molecule has 4 nitrogen and oxygen atoms in total. The SMILES string of the molecule is CCOc1ccc(-c2onc(C)c2N)cc1. The van der Waals surface area contributed by atoms with Gasteiger partial charge >= 0.3 is 0 Å². The van der Waals surface area contributed by atoms with Crippen LogP contribution in [0.3, 0.4) is 0 Å². The number of anilines is 1. The van der Waals surface area contributed by atoms with Crippen LogP contribution in [0.2, 0.25) is 0 Å². The first kappa shape index (κ1) is 10.5. The third-order valence-electron chi connectivity index (χ3n) is 2.34. The van der Waals surface area contributed by atoms with Crippen LogP contribution in [0.25, 0.3) is 11.3 Å². The molecule has 0 unspecified atom stereocenters. The number of hydrogen-bond acceptors (Lipinski definition) is 4. The molecule has 0 bridgehead atoms. The van der Waals surface area contributed by atoms with Gasteiger partial charge in [0.2, 0.25) is 0 Å². The lowest BCUT2D eigenvalue weighted by atomic mass is 10.1. The van der Waals surface area contributed by atoms with Gasteiger partial charge in [-0.3, -0.25) is 0 Å². The molecule has 4 heteroatoms.